The molecule has 1 heterocycles. The van der Waals surface area contributed by atoms with Crippen LogP contribution in [-0.4, -0.2) is 10.9 Å². The van der Waals surface area contributed by atoms with Gasteiger partial charge >= 0.3 is 0 Å². The van der Waals surface area contributed by atoms with Gasteiger partial charge in [0.25, 0.3) is 0 Å². The van der Waals surface area contributed by atoms with Crippen molar-refractivity contribution in [1.29, 1.82) is 10.5 Å². The maximum atomic E-state index is 12.4. The van der Waals surface area contributed by atoms with Crippen molar-refractivity contribution in [3.05, 3.63) is 59.1 Å². The van der Waals surface area contributed by atoms with Crippen LogP contribution in [0.4, 0.5) is 5.69 Å². The molecule has 1 unspecified atom stereocenters. The minimum absolute atomic E-state index is 0.441. The fraction of sp³-hybridized carbons (Fsp3) is 0.0588. The van der Waals surface area contributed by atoms with Crippen molar-refractivity contribution in [3.8, 4) is 12.1 Å². The molecule has 3 rings (SSSR count). The number of carbonyl (C=O) groups excluding carboxylic acids is 1. The topological polar surface area (TPSA) is 89.6 Å². The number of para-hydroxylation sites is 1. The maximum Gasteiger partial charge on any atom is 0.248 e. The molecule has 1 N–H and O–H groups in total. The summed E-state index contributed by atoms with van der Waals surface area (Å²) in [7, 11) is 0. The van der Waals surface area contributed by atoms with E-state index in [1.807, 2.05) is 36.4 Å². The highest BCUT2D eigenvalue weighted by Gasteiger charge is 2.24. The number of nitrogens with one attached hydrogen (secondary N) is 1. The maximum absolute atomic E-state index is 12.4. The van der Waals surface area contributed by atoms with E-state index in [2.05, 4.69) is 10.3 Å². The molecule has 2 aromatic carbocycles. The molecule has 1 aromatic heterocycles. The van der Waals surface area contributed by atoms with Crippen LogP contribution in [0.2, 0.25) is 0 Å². The normalized spacial score (nSPS) is 11.4. The first-order valence-corrected chi connectivity index (χ1v) is 7.59. The van der Waals surface area contributed by atoms with E-state index in [1.54, 1.807) is 24.3 Å². The van der Waals surface area contributed by atoms with E-state index in [4.69, 9.17) is 5.26 Å². The van der Waals surface area contributed by atoms with Crippen LogP contribution in [0.3, 0.4) is 0 Å². The molecule has 0 bridgehead atoms. The number of aromatic nitrogens is 1. The van der Waals surface area contributed by atoms with Crippen LogP contribution in [-0.2, 0) is 4.79 Å². The van der Waals surface area contributed by atoms with Crippen LogP contribution in [0, 0.1) is 22.7 Å². The smallest absolute Gasteiger partial charge is 0.248 e. The van der Waals surface area contributed by atoms with Gasteiger partial charge < -0.3 is 5.32 Å². The van der Waals surface area contributed by atoms with Crippen molar-refractivity contribution in [2.45, 2.75) is 5.92 Å². The summed E-state index contributed by atoms with van der Waals surface area (Å²) in [5.74, 6) is -1.44. The molecule has 0 radical (unpaired) electrons. The predicted octanol–water partition coefficient (Wildman–Crippen LogP) is 3.41. The molecule has 0 aliphatic rings. The molecule has 23 heavy (non-hydrogen) atoms. The van der Waals surface area contributed by atoms with Gasteiger partial charge in [-0.25, -0.2) is 4.98 Å². The lowest BCUT2D eigenvalue weighted by molar-refractivity contribution is -0.116. The van der Waals surface area contributed by atoms with Crippen LogP contribution in [0.25, 0.3) is 10.2 Å². The second-order valence-electron chi connectivity index (χ2n) is 4.76. The second-order valence-corrected chi connectivity index (χ2v) is 5.83. The summed E-state index contributed by atoms with van der Waals surface area (Å²) in [6.07, 6.45) is 0. The van der Waals surface area contributed by atoms with Gasteiger partial charge in [0.05, 0.1) is 27.9 Å². The first-order chi connectivity index (χ1) is 11.2. The fourth-order valence-electron chi connectivity index (χ4n) is 2.12. The first-order valence-electron chi connectivity index (χ1n) is 6.77. The number of anilines is 1. The minimum atomic E-state index is -0.988. The Kier molecular flexibility index (Phi) is 4.01. The molecule has 3 aromatic rings. The highest BCUT2D eigenvalue weighted by Crippen LogP contribution is 2.28. The summed E-state index contributed by atoms with van der Waals surface area (Å²) in [6, 6.07) is 18.1. The number of nitriles is 2. The third kappa shape index (κ3) is 3.03. The number of hydrogen-bond donors (Lipinski definition) is 1. The third-order valence-corrected chi connectivity index (χ3v) is 4.31. The summed E-state index contributed by atoms with van der Waals surface area (Å²) in [6.45, 7) is 0. The Morgan fingerprint density at radius 2 is 2.00 bits per heavy atom. The van der Waals surface area contributed by atoms with Crippen molar-refractivity contribution in [2.75, 3.05) is 5.32 Å². The van der Waals surface area contributed by atoms with Gasteiger partial charge in [0.1, 0.15) is 5.01 Å². The molecule has 5 nitrogen and oxygen atoms in total. The molecule has 1 amide bonds. The Morgan fingerprint density at radius 1 is 1.17 bits per heavy atom. The Balaban J connectivity index is 1.87. The average Bonchev–Trinajstić information content (AvgIpc) is 2.99. The van der Waals surface area contributed by atoms with Crippen molar-refractivity contribution in [3.63, 3.8) is 0 Å². The van der Waals surface area contributed by atoms with Crippen LogP contribution >= 0.6 is 11.3 Å². The monoisotopic (exact) mass is 318 g/mol. The van der Waals surface area contributed by atoms with Crippen molar-refractivity contribution in [1.82, 2.24) is 4.98 Å². The molecule has 0 aliphatic carbocycles. The standard InChI is InChI=1S/C17H10N4OS/c18-9-11-4-3-5-12(8-11)20-16(22)13(10-19)17-21-14-6-1-2-7-15(14)23-17/h1-8,13H,(H,20,22). The van der Waals surface area contributed by atoms with Gasteiger partial charge in [-0.15, -0.1) is 11.3 Å². The molecule has 6 heteroatoms. The van der Waals surface area contributed by atoms with E-state index < -0.39 is 11.8 Å². The number of thiazole rings is 1. The van der Waals surface area contributed by atoms with Crippen LogP contribution < -0.4 is 5.32 Å². The van der Waals surface area contributed by atoms with E-state index in [0.717, 1.165) is 10.2 Å². The number of amides is 1. The molecule has 1 atom stereocenters. The van der Waals surface area contributed by atoms with E-state index >= 15 is 0 Å². The van der Waals surface area contributed by atoms with E-state index in [1.165, 1.54) is 11.3 Å². The average molecular weight is 318 g/mol. The number of fused-ring (bicyclic) bond motifs is 1. The van der Waals surface area contributed by atoms with Crippen molar-refractivity contribution < 1.29 is 4.79 Å². The Hall–Kier alpha value is -3.22. The summed E-state index contributed by atoms with van der Waals surface area (Å²) in [5, 5.41) is 21.4. The zero-order chi connectivity index (χ0) is 16.2. The Morgan fingerprint density at radius 3 is 2.74 bits per heavy atom. The van der Waals surface area contributed by atoms with Gasteiger partial charge in [0, 0.05) is 5.69 Å². The second kappa shape index (κ2) is 6.27. The number of benzene rings is 2. The summed E-state index contributed by atoms with van der Waals surface area (Å²) >= 11 is 1.33. The number of carbonyl (C=O) groups is 1. The quantitative estimate of drug-likeness (QED) is 0.801. The predicted molar refractivity (Wildman–Crippen MR) is 87.8 cm³/mol. The SMILES string of the molecule is N#Cc1cccc(NC(=O)C(C#N)c2nc3ccccc3s2)c1. The van der Waals surface area contributed by atoms with Crippen LogP contribution in [0.15, 0.2) is 48.5 Å². The van der Waals surface area contributed by atoms with Crippen molar-refractivity contribution in [2.24, 2.45) is 0 Å². The van der Waals surface area contributed by atoms with E-state index in [-0.39, 0.29) is 0 Å². The summed E-state index contributed by atoms with van der Waals surface area (Å²) in [4.78, 5) is 16.7. The molecule has 0 saturated heterocycles. The van der Waals surface area contributed by atoms with E-state index in [0.29, 0.717) is 16.3 Å². The summed E-state index contributed by atoms with van der Waals surface area (Å²) in [5.41, 5.74) is 1.69. The van der Waals surface area contributed by atoms with Gasteiger partial charge in [-0.2, -0.15) is 10.5 Å². The molecule has 110 valence electrons. The molecular weight excluding hydrogens is 308 g/mol. The van der Waals surface area contributed by atoms with Gasteiger partial charge in [0.2, 0.25) is 5.91 Å². The fourth-order valence-corrected chi connectivity index (χ4v) is 3.13. The van der Waals surface area contributed by atoms with Crippen molar-refractivity contribution >= 4 is 33.1 Å². The van der Waals surface area contributed by atoms with Gasteiger partial charge in [-0.05, 0) is 30.3 Å². The number of nitrogens with zero attached hydrogens (tertiary/aromatic N) is 3. The number of hydrogen-bond acceptors (Lipinski definition) is 5. The Labute approximate surface area is 136 Å². The third-order valence-electron chi connectivity index (χ3n) is 3.21. The summed E-state index contributed by atoms with van der Waals surface area (Å²) < 4.78 is 0.932. The van der Waals surface area contributed by atoms with Gasteiger partial charge in [-0.3, -0.25) is 4.79 Å². The highest BCUT2D eigenvalue weighted by atomic mass is 32.1. The largest absolute Gasteiger partial charge is 0.325 e. The zero-order valence-corrected chi connectivity index (χ0v) is 12.7. The lowest BCUT2D eigenvalue weighted by Crippen LogP contribution is -2.19. The van der Waals surface area contributed by atoms with Gasteiger partial charge in [0.15, 0.2) is 5.92 Å². The highest BCUT2D eigenvalue weighted by molar-refractivity contribution is 7.18. The Bertz CT molecular complexity index is 931. The zero-order valence-electron chi connectivity index (χ0n) is 11.9. The van der Waals surface area contributed by atoms with Crippen LogP contribution in [0.5, 0.6) is 0 Å². The molecular formula is C17H10N4OS. The number of rotatable bonds is 3. The molecule has 0 aliphatic heterocycles. The molecule has 0 spiro atoms. The minimum Gasteiger partial charge on any atom is -0.325 e. The molecule has 0 saturated carbocycles. The van der Waals surface area contributed by atoms with Crippen LogP contribution in [0.1, 0.15) is 16.5 Å². The lowest BCUT2D eigenvalue weighted by atomic mass is 10.1. The van der Waals surface area contributed by atoms with Gasteiger partial charge in [-0.1, -0.05) is 18.2 Å². The first kappa shape index (κ1) is 14.7. The van der Waals surface area contributed by atoms with E-state index in [9.17, 15) is 10.1 Å². The molecule has 0 fully saturated rings. The lowest BCUT2D eigenvalue weighted by Gasteiger charge is -2.08.